The van der Waals surface area contributed by atoms with Crippen molar-refractivity contribution in [3.63, 3.8) is 0 Å². The maximum absolute atomic E-state index is 10.9. The minimum Gasteiger partial charge on any atom is -0.481 e. The Kier molecular flexibility index (Phi) is 4.38. The third kappa shape index (κ3) is 3.46. The summed E-state index contributed by atoms with van der Waals surface area (Å²) < 4.78 is 0. The number of carboxylic acids is 1. The molecule has 1 heterocycles. The molecule has 0 aliphatic carbocycles. The zero-order valence-electron chi connectivity index (χ0n) is 10.6. The highest BCUT2D eigenvalue weighted by Gasteiger charge is 2.15. The summed E-state index contributed by atoms with van der Waals surface area (Å²) in [5, 5.41) is 8.93. The number of carbonyl (C=O) groups is 1. The molecule has 96 valence electrons. The fraction of sp³-hybridized carbons (Fsp3) is 0.188. The van der Waals surface area contributed by atoms with Gasteiger partial charge >= 0.3 is 5.97 Å². The topological polar surface area (TPSA) is 37.3 Å². The van der Waals surface area contributed by atoms with Crippen molar-refractivity contribution < 1.29 is 9.90 Å². The number of benzene rings is 1. The van der Waals surface area contributed by atoms with Crippen LogP contribution < -0.4 is 0 Å². The third-order valence-electron chi connectivity index (χ3n) is 2.73. The van der Waals surface area contributed by atoms with Crippen LogP contribution >= 0.6 is 11.3 Å². The highest BCUT2D eigenvalue weighted by Crippen LogP contribution is 2.33. The Morgan fingerprint density at radius 2 is 2.00 bits per heavy atom. The van der Waals surface area contributed by atoms with Crippen molar-refractivity contribution in [3.8, 4) is 22.3 Å². The Hall–Kier alpha value is -2.05. The average Bonchev–Trinajstić information content (AvgIpc) is 2.88. The first-order valence-electron chi connectivity index (χ1n) is 6.00. The van der Waals surface area contributed by atoms with Crippen LogP contribution in [0.1, 0.15) is 24.1 Å². The van der Waals surface area contributed by atoms with Gasteiger partial charge in [0.1, 0.15) is 0 Å². The molecule has 2 rings (SSSR count). The van der Waals surface area contributed by atoms with E-state index in [2.05, 4.69) is 11.8 Å². The quantitative estimate of drug-likeness (QED) is 0.853. The van der Waals surface area contributed by atoms with Gasteiger partial charge < -0.3 is 5.11 Å². The number of aliphatic carboxylic acids is 1. The van der Waals surface area contributed by atoms with Gasteiger partial charge in [-0.2, -0.15) is 0 Å². The number of rotatable bonds is 4. The number of thiophene rings is 1. The van der Waals surface area contributed by atoms with Gasteiger partial charge in [-0.25, -0.2) is 0 Å². The molecule has 1 aromatic heterocycles. The van der Waals surface area contributed by atoms with E-state index in [1.54, 1.807) is 18.3 Å². The van der Waals surface area contributed by atoms with E-state index < -0.39 is 5.97 Å². The average molecular weight is 270 g/mol. The Labute approximate surface area is 116 Å². The fourth-order valence-corrected chi connectivity index (χ4v) is 2.93. The van der Waals surface area contributed by atoms with E-state index >= 15 is 0 Å². The van der Waals surface area contributed by atoms with Crippen LogP contribution in [0.4, 0.5) is 0 Å². The number of carboxylic acid groups (broad SMARTS) is 1. The van der Waals surface area contributed by atoms with Gasteiger partial charge in [0.2, 0.25) is 0 Å². The van der Waals surface area contributed by atoms with Crippen LogP contribution in [0, 0.1) is 11.8 Å². The second-order valence-corrected chi connectivity index (χ2v) is 5.23. The summed E-state index contributed by atoms with van der Waals surface area (Å²) in [7, 11) is 0. The maximum Gasteiger partial charge on any atom is 0.304 e. The Balaban J connectivity index is 2.28. The molecule has 0 saturated heterocycles. The predicted molar refractivity (Wildman–Crippen MR) is 78.2 cm³/mol. The summed E-state index contributed by atoms with van der Waals surface area (Å²) >= 11 is 1.61. The van der Waals surface area contributed by atoms with Crippen molar-refractivity contribution in [2.45, 2.75) is 19.3 Å². The van der Waals surface area contributed by atoms with E-state index in [9.17, 15) is 4.79 Å². The van der Waals surface area contributed by atoms with Gasteiger partial charge in [0, 0.05) is 9.75 Å². The lowest BCUT2D eigenvalue weighted by Crippen LogP contribution is -2.02. The molecule has 1 unspecified atom stereocenters. The normalized spacial score (nSPS) is 11.4. The van der Waals surface area contributed by atoms with Crippen molar-refractivity contribution in [1.29, 1.82) is 0 Å². The first kappa shape index (κ1) is 13.4. The minimum atomic E-state index is -0.817. The van der Waals surface area contributed by atoms with E-state index in [1.807, 2.05) is 42.5 Å². The summed E-state index contributed by atoms with van der Waals surface area (Å²) in [5.41, 5.74) is 1.15. The second-order valence-electron chi connectivity index (χ2n) is 4.11. The highest BCUT2D eigenvalue weighted by atomic mass is 32.1. The summed E-state index contributed by atoms with van der Waals surface area (Å²) in [5.74, 6) is 4.75. The molecule has 19 heavy (non-hydrogen) atoms. The molecule has 0 saturated carbocycles. The number of hydrogen-bond donors (Lipinski definition) is 1. The minimum absolute atomic E-state index is 0.0512. The van der Waals surface area contributed by atoms with Crippen LogP contribution in [-0.4, -0.2) is 11.1 Å². The van der Waals surface area contributed by atoms with Crippen molar-refractivity contribution in [1.82, 2.24) is 0 Å². The van der Waals surface area contributed by atoms with Gasteiger partial charge in [-0.3, -0.25) is 4.79 Å². The van der Waals surface area contributed by atoms with E-state index in [4.69, 9.17) is 5.11 Å². The molecule has 1 atom stereocenters. The van der Waals surface area contributed by atoms with Gasteiger partial charge in [0.15, 0.2) is 0 Å². The molecule has 0 amide bonds. The SMILES string of the molecule is CC#CC(CC(=O)O)c1ccc(-c2ccccc2)s1. The maximum atomic E-state index is 10.9. The van der Waals surface area contributed by atoms with Crippen LogP contribution in [0.15, 0.2) is 42.5 Å². The lowest BCUT2D eigenvalue weighted by Gasteiger charge is -2.04. The molecule has 0 fully saturated rings. The predicted octanol–water partition coefficient (Wildman–Crippen LogP) is 4.00. The van der Waals surface area contributed by atoms with Crippen molar-refractivity contribution in [2.24, 2.45) is 0 Å². The summed E-state index contributed by atoms with van der Waals surface area (Å²) in [6.45, 7) is 1.74. The Bertz CT molecular complexity index is 617. The standard InChI is InChI=1S/C16H14O2S/c1-2-6-13(11-16(17)18)15-10-9-14(19-15)12-7-4-3-5-8-12/h3-5,7-10,13H,11H2,1H3,(H,17,18). The lowest BCUT2D eigenvalue weighted by molar-refractivity contribution is -0.137. The van der Waals surface area contributed by atoms with Crippen molar-refractivity contribution >= 4 is 17.3 Å². The molecule has 2 aromatic rings. The molecule has 2 nitrogen and oxygen atoms in total. The zero-order valence-corrected chi connectivity index (χ0v) is 11.4. The molecule has 1 aromatic carbocycles. The number of hydrogen-bond acceptors (Lipinski definition) is 2. The summed E-state index contributed by atoms with van der Waals surface area (Å²) in [6.07, 6.45) is 0.0512. The molecule has 1 N–H and O–H groups in total. The van der Waals surface area contributed by atoms with Crippen molar-refractivity contribution in [2.75, 3.05) is 0 Å². The zero-order chi connectivity index (χ0) is 13.7. The van der Waals surface area contributed by atoms with Crippen molar-refractivity contribution in [3.05, 3.63) is 47.3 Å². The molecule has 0 aliphatic rings. The van der Waals surface area contributed by atoms with E-state index in [1.165, 1.54) is 0 Å². The van der Waals surface area contributed by atoms with Gasteiger partial charge in [-0.05, 0) is 24.6 Å². The molecular formula is C16H14O2S. The van der Waals surface area contributed by atoms with Crippen LogP contribution in [0.25, 0.3) is 10.4 Å². The molecule has 0 radical (unpaired) electrons. The van der Waals surface area contributed by atoms with E-state index in [-0.39, 0.29) is 12.3 Å². The highest BCUT2D eigenvalue weighted by molar-refractivity contribution is 7.15. The molecular weight excluding hydrogens is 256 g/mol. The third-order valence-corrected chi connectivity index (χ3v) is 3.97. The van der Waals surface area contributed by atoms with Gasteiger partial charge in [-0.1, -0.05) is 36.3 Å². The van der Waals surface area contributed by atoms with Crippen LogP contribution in [0.5, 0.6) is 0 Å². The first-order valence-corrected chi connectivity index (χ1v) is 6.81. The van der Waals surface area contributed by atoms with Gasteiger partial charge in [-0.15, -0.1) is 17.3 Å². The smallest absolute Gasteiger partial charge is 0.304 e. The van der Waals surface area contributed by atoms with Gasteiger partial charge in [0.05, 0.1) is 12.3 Å². The second kappa shape index (κ2) is 6.21. The largest absolute Gasteiger partial charge is 0.481 e. The molecule has 0 spiro atoms. The summed E-state index contributed by atoms with van der Waals surface area (Å²) in [6, 6.07) is 14.1. The van der Waals surface area contributed by atoms with Gasteiger partial charge in [0.25, 0.3) is 0 Å². The summed E-state index contributed by atoms with van der Waals surface area (Å²) in [4.78, 5) is 13.0. The molecule has 0 bridgehead atoms. The fourth-order valence-electron chi connectivity index (χ4n) is 1.87. The Morgan fingerprint density at radius 3 is 2.63 bits per heavy atom. The van der Waals surface area contributed by atoms with Crippen LogP contribution in [0.2, 0.25) is 0 Å². The molecule has 3 heteroatoms. The monoisotopic (exact) mass is 270 g/mol. The lowest BCUT2D eigenvalue weighted by atomic mass is 10.0. The molecule has 0 aliphatic heterocycles. The first-order chi connectivity index (χ1) is 9.20. The van der Waals surface area contributed by atoms with E-state index in [0.29, 0.717) is 0 Å². The van der Waals surface area contributed by atoms with Crippen LogP contribution in [-0.2, 0) is 4.79 Å². The van der Waals surface area contributed by atoms with E-state index in [0.717, 1.165) is 15.3 Å². The van der Waals surface area contributed by atoms with Crippen LogP contribution in [0.3, 0.4) is 0 Å². The Morgan fingerprint density at radius 1 is 1.26 bits per heavy atom.